The average molecular weight is 558 g/mol. The molecule has 0 unspecified atom stereocenters. The van der Waals surface area contributed by atoms with Gasteiger partial charge in [-0.3, -0.25) is 9.59 Å². The van der Waals surface area contributed by atoms with Crippen molar-refractivity contribution in [1.82, 2.24) is 9.80 Å². The number of piperidine rings is 1. The van der Waals surface area contributed by atoms with E-state index in [9.17, 15) is 18.4 Å². The number of carbonyl (C=O) groups is 2. The smallest absolute Gasteiger partial charge is 0.233 e. The number of amides is 2. The van der Waals surface area contributed by atoms with Crippen molar-refractivity contribution < 1.29 is 18.4 Å². The molecule has 1 spiro atoms. The van der Waals surface area contributed by atoms with Crippen LogP contribution in [0.2, 0.25) is 0 Å². The van der Waals surface area contributed by atoms with Gasteiger partial charge < -0.3 is 14.7 Å². The lowest BCUT2D eigenvalue weighted by molar-refractivity contribution is -0.135. The molecular formula is C34H37F2N3O2. The third kappa shape index (κ3) is 4.74. The lowest BCUT2D eigenvalue weighted by Gasteiger charge is -2.40. The third-order valence-corrected chi connectivity index (χ3v) is 9.98. The van der Waals surface area contributed by atoms with Crippen molar-refractivity contribution in [2.24, 2.45) is 5.92 Å². The van der Waals surface area contributed by atoms with Crippen molar-refractivity contribution in [2.75, 3.05) is 38.1 Å². The number of carbonyl (C=O) groups excluding carboxylic acids is 2. The Morgan fingerprint density at radius 2 is 1.63 bits per heavy atom. The number of hydrogen-bond acceptors (Lipinski definition) is 3. The molecule has 41 heavy (non-hydrogen) atoms. The van der Waals surface area contributed by atoms with Crippen LogP contribution in [0, 0.1) is 17.6 Å². The number of nitrogens with zero attached hydrogens (tertiary/aromatic N) is 3. The Bertz CT molecular complexity index is 1450. The maximum atomic E-state index is 14.3. The van der Waals surface area contributed by atoms with Crippen LogP contribution in [0.4, 0.5) is 14.5 Å². The average Bonchev–Trinajstić information content (AvgIpc) is 3.62. The van der Waals surface area contributed by atoms with Crippen LogP contribution in [0.15, 0.2) is 72.8 Å². The molecule has 0 radical (unpaired) electrons. The molecule has 2 fully saturated rings. The molecule has 3 aromatic carbocycles. The van der Waals surface area contributed by atoms with Gasteiger partial charge in [0.2, 0.25) is 11.8 Å². The molecule has 2 heterocycles. The Labute approximate surface area is 240 Å². The van der Waals surface area contributed by atoms with Gasteiger partial charge in [-0.2, -0.15) is 0 Å². The van der Waals surface area contributed by atoms with E-state index in [1.54, 1.807) is 36.1 Å². The molecule has 2 amide bonds. The summed E-state index contributed by atoms with van der Waals surface area (Å²) in [6.07, 6.45) is 2.36. The van der Waals surface area contributed by atoms with Crippen LogP contribution in [0.5, 0.6) is 0 Å². The molecule has 0 aromatic heterocycles. The van der Waals surface area contributed by atoms with E-state index in [0.717, 1.165) is 61.3 Å². The number of likely N-dealkylation sites (N-methyl/N-ethyl adjacent to an activating group) is 1. The Balaban J connectivity index is 1.20. The van der Waals surface area contributed by atoms with Gasteiger partial charge in [-0.25, -0.2) is 8.78 Å². The standard InChI is InChI=1S/C34H37F2N3O2/c1-23(25-7-5-4-6-8-25)37(3)32(41)34(26-9-11-28(35)12-10-26)20-27(34)21-38-17-15-33(16-18-38)22-39(24(2)40)31-14-13-29(36)19-30(31)33/h4-14,19,23,27H,15-18,20-22H2,1-3H3/t23-,27-,34+/m0/s1. The molecule has 7 heteroatoms. The van der Waals surface area contributed by atoms with Gasteiger partial charge in [0.25, 0.3) is 0 Å². The maximum absolute atomic E-state index is 14.3. The number of benzene rings is 3. The maximum Gasteiger partial charge on any atom is 0.233 e. The highest BCUT2D eigenvalue weighted by molar-refractivity contribution is 5.95. The minimum Gasteiger partial charge on any atom is -0.338 e. The fourth-order valence-corrected chi connectivity index (χ4v) is 7.31. The predicted octanol–water partition coefficient (Wildman–Crippen LogP) is 5.84. The number of halogens is 2. The van der Waals surface area contributed by atoms with Gasteiger partial charge in [0, 0.05) is 38.2 Å². The second kappa shape index (κ2) is 10.4. The molecule has 3 aromatic rings. The van der Waals surface area contributed by atoms with Gasteiger partial charge >= 0.3 is 0 Å². The lowest BCUT2D eigenvalue weighted by Crippen LogP contribution is -2.47. The van der Waals surface area contributed by atoms with Crippen LogP contribution in [0.3, 0.4) is 0 Å². The third-order valence-electron chi connectivity index (χ3n) is 9.98. The van der Waals surface area contributed by atoms with E-state index < -0.39 is 5.41 Å². The number of anilines is 1. The van der Waals surface area contributed by atoms with Gasteiger partial charge in [0.15, 0.2) is 0 Å². The molecule has 2 aliphatic heterocycles. The van der Waals surface area contributed by atoms with Crippen LogP contribution in [-0.2, 0) is 20.4 Å². The zero-order valence-electron chi connectivity index (χ0n) is 23.9. The highest BCUT2D eigenvalue weighted by Crippen LogP contribution is 2.57. The summed E-state index contributed by atoms with van der Waals surface area (Å²) in [4.78, 5) is 32.6. The summed E-state index contributed by atoms with van der Waals surface area (Å²) in [6.45, 7) is 6.57. The molecule has 214 valence electrons. The minimum absolute atomic E-state index is 0.0217. The SMILES string of the molecule is CC(=O)N1CC2(CCN(C[C@@H]3C[C@@]3(C(=O)N(C)[C@@H](C)c3ccccc3)c3ccc(F)cc3)CC2)c2cc(F)ccc21. The number of likely N-dealkylation sites (tertiary alicyclic amines) is 1. The Morgan fingerprint density at radius 1 is 0.976 bits per heavy atom. The van der Waals surface area contributed by atoms with E-state index in [2.05, 4.69) is 4.90 Å². The fourth-order valence-electron chi connectivity index (χ4n) is 7.31. The molecule has 6 rings (SSSR count). The summed E-state index contributed by atoms with van der Waals surface area (Å²) in [5, 5.41) is 0. The molecule has 3 aliphatic rings. The van der Waals surface area contributed by atoms with E-state index in [1.807, 2.05) is 49.2 Å². The summed E-state index contributed by atoms with van der Waals surface area (Å²) in [6, 6.07) is 21.1. The number of hydrogen-bond donors (Lipinski definition) is 0. The van der Waals surface area contributed by atoms with Crippen molar-refractivity contribution in [3.8, 4) is 0 Å². The summed E-state index contributed by atoms with van der Waals surface area (Å²) in [5.74, 6) is -0.427. The monoisotopic (exact) mass is 557 g/mol. The lowest BCUT2D eigenvalue weighted by atomic mass is 9.74. The Kier molecular flexibility index (Phi) is 6.97. The zero-order valence-corrected chi connectivity index (χ0v) is 23.9. The second-order valence-electron chi connectivity index (χ2n) is 12.2. The summed E-state index contributed by atoms with van der Waals surface area (Å²) in [5.41, 5.74) is 2.76. The van der Waals surface area contributed by atoms with E-state index in [1.165, 1.54) is 18.2 Å². The highest BCUT2D eigenvalue weighted by atomic mass is 19.1. The number of fused-ring (bicyclic) bond motifs is 2. The molecule has 1 saturated carbocycles. The predicted molar refractivity (Wildman–Crippen MR) is 156 cm³/mol. The molecular weight excluding hydrogens is 520 g/mol. The summed E-state index contributed by atoms with van der Waals surface area (Å²) < 4.78 is 28.2. The fraction of sp³-hybridized carbons (Fsp3) is 0.412. The van der Waals surface area contributed by atoms with Crippen LogP contribution in [-0.4, -0.2) is 54.8 Å². The quantitative estimate of drug-likeness (QED) is 0.383. The van der Waals surface area contributed by atoms with E-state index >= 15 is 0 Å². The van der Waals surface area contributed by atoms with Gasteiger partial charge in [-0.05, 0) is 92.2 Å². The van der Waals surface area contributed by atoms with Crippen molar-refractivity contribution in [3.63, 3.8) is 0 Å². The largest absolute Gasteiger partial charge is 0.338 e. The van der Waals surface area contributed by atoms with Gasteiger partial charge in [-0.1, -0.05) is 42.5 Å². The highest BCUT2D eigenvalue weighted by Gasteiger charge is 2.62. The van der Waals surface area contributed by atoms with Gasteiger partial charge in [0.05, 0.1) is 11.5 Å². The van der Waals surface area contributed by atoms with E-state index in [-0.39, 0.29) is 40.8 Å². The van der Waals surface area contributed by atoms with Crippen LogP contribution in [0.1, 0.15) is 55.8 Å². The summed E-state index contributed by atoms with van der Waals surface area (Å²) in [7, 11) is 1.86. The van der Waals surface area contributed by atoms with Gasteiger partial charge in [0.1, 0.15) is 11.6 Å². The van der Waals surface area contributed by atoms with Crippen molar-refractivity contribution in [3.05, 3.63) is 101 Å². The first-order chi connectivity index (χ1) is 19.6. The Hall–Kier alpha value is -3.58. The van der Waals surface area contributed by atoms with Crippen molar-refractivity contribution >= 4 is 17.5 Å². The second-order valence-corrected chi connectivity index (χ2v) is 12.2. The molecule has 0 bridgehead atoms. The van der Waals surface area contributed by atoms with Crippen LogP contribution < -0.4 is 4.90 Å². The zero-order chi connectivity index (χ0) is 28.9. The van der Waals surface area contributed by atoms with Crippen molar-refractivity contribution in [2.45, 2.75) is 50.0 Å². The normalized spacial score (nSPS) is 23.7. The first kappa shape index (κ1) is 27.6. The van der Waals surface area contributed by atoms with Crippen molar-refractivity contribution in [1.29, 1.82) is 0 Å². The van der Waals surface area contributed by atoms with Gasteiger partial charge in [-0.15, -0.1) is 0 Å². The number of rotatable bonds is 6. The molecule has 1 aliphatic carbocycles. The molecule has 0 N–H and O–H groups in total. The first-order valence-corrected chi connectivity index (χ1v) is 14.5. The first-order valence-electron chi connectivity index (χ1n) is 14.5. The minimum atomic E-state index is -0.685. The molecule has 1 saturated heterocycles. The summed E-state index contributed by atoms with van der Waals surface area (Å²) >= 11 is 0. The Morgan fingerprint density at radius 3 is 2.29 bits per heavy atom. The van der Waals surface area contributed by atoms with Crippen LogP contribution >= 0.6 is 0 Å². The topological polar surface area (TPSA) is 43.9 Å². The van der Waals surface area contributed by atoms with E-state index in [4.69, 9.17) is 0 Å². The molecule has 3 atom stereocenters. The van der Waals surface area contributed by atoms with Crippen LogP contribution in [0.25, 0.3) is 0 Å². The molecule has 5 nitrogen and oxygen atoms in total. The van der Waals surface area contributed by atoms with E-state index in [0.29, 0.717) is 6.54 Å².